The van der Waals surface area contributed by atoms with Gasteiger partial charge in [-0.2, -0.15) is 4.98 Å². The standard InChI is InChI=1S/C25H26F2N5O9PS/c1-36-13-3-7-15(8-4-13)40-42(43,41-16-9-5-14(37-2)6-10-16)38-11-25(23(26)27)19(34)18(33)22(39-25)32-12-29-17-20(32)30-24(28)31-21(17)35/h3-10,12,18-19,22-23,33-34H,11H2,1-2H3,(H3,28,30,31,35)/t18-,19-,22+,25+/m0/s1. The first-order valence-electron chi connectivity index (χ1n) is 12.4. The number of aromatic nitrogens is 4. The van der Waals surface area contributed by atoms with Crippen molar-refractivity contribution in [2.75, 3.05) is 26.6 Å². The number of methoxy groups -OCH3 is 2. The minimum Gasteiger partial charge on any atom is -0.497 e. The number of nitrogens with one attached hydrogen (secondary N) is 1. The lowest BCUT2D eigenvalue weighted by molar-refractivity contribution is -0.191. The van der Waals surface area contributed by atoms with Crippen LogP contribution in [-0.2, 0) is 21.1 Å². The summed E-state index contributed by atoms with van der Waals surface area (Å²) in [5.41, 5.74) is 1.73. The van der Waals surface area contributed by atoms with Crippen LogP contribution in [0.3, 0.4) is 0 Å². The summed E-state index contributed by atoms with van der Waals surface area (Å²) in [5.74, 6) is 1.09. The largest absolute Gasteiger partial charge is 0.497 e. The second-order valence-corrected chi connectivity index (χ2v) is 12.1. The molecule has 1 aliphatic rings. The molecule has 0 radical (unpaired) electrons. The fourth-order valence-corrected chi connectivity index (χ4v) is 6.24. The van der Waals surface area contributed by atoms with Crippen LogP contribution in [0.2, 0.25) is 0 Å². The average Bonchev–Trinajstić information content (AvgIpc) is 3.52. The van der Waals surface area contributed by atoms with E-state index in [2.05, 4.69) is 15.0 Å². The van der Waals surface area contributed by atoms with Crippen molar-refractivity contribution in [1.82, 2.24) is 19.5 Å². The molecule has 230 valence electrons. The van der Waals surface area contributed by atoms with E-state index in [-0.39, 0.29) is 28.6 Å². The molecule has 1 fully saturated rings. The van der Waals surface area contributed by atoms with Crippen LogP contribution >= 0.6 is 6.72 Å². The number of aliphatic hydroxyl groups excluding tert-OH is 2. The number of nitrogens with zero attached hydrogens (tertiary/aromatic N) is 3. The summed E-state index contributed by atoms with van der Waals surface area (Å²) in [7, 11) is 2.95. The predicted molar refractivity (Wildman–Crippen MR) is 151 cm³/mol. The summed E-state index contributed by atoms with van der Waals surface area (Å²) >= 11 is 5.59. The van der Waals surface area contributed by atoms with Crippen molar-refractivity contribution in [3.8, 4) is 23.0 Å². The number of nitrogens with two attached hydrogens (primary N) is 1. The number of imidazole rings is 1. The molecule has 0 bridgehead atoms. The van der Waals surface area contributed by atoms with Crippen molar-refractivity contribution in [2.24, 2.45) is 0 Å². The number of rotatable bonds is 11. The number of ether oxygens (including phenoxy) is 3. The Bertz CT molecular complexity index is 1640. The van der Waals surface area contributed by atoms with Gasteiger partial charge in [0, 0.05) is 11.8 Å². The molecule has 0 spiro atoms. The molecule has 5 N–H and O–H groups in total. The maximum absolute atomic E-state index is 14.7. The van der Waals surface area contributed by atoms with Gasteiger partial charge in [0.1, 0.15) is 35.2 Å². The van der Waals surface area contributed by atoms with Crippen LogP contribution in [0.25, 0.3) is 11.2 Å². The molecule has 4 atom stereocenters. The topological polar surface area (TPSA) is 185 Å². The van der Waals surface area contributed by atoms with E-state index >= 15 is 0 Å². The van der Waals surface area contributed by atoms with Gasteiger partial charge < -0.3 is 39.2 Å². The first-order valence-corrected chi connectivity index (χ1v) is 15.0. The third-order valence-electron chi connectivity index (χ3n) is 6.55. The van der Waals surface area contributed by atoms with Gasteiger partial charge in [0.2, 0.25) is 5.95 Å². The lowest BCUT2D eigenvalue weighted by Crippen LogP contribution is -2.52. The van der Waals surface area contributed by atoms with Crippen LogP contribution in [0.15, 0.2) is 59.7 Å². The molecule has 0 unspecified atom stereocenters. The summed E-state index contributed by atoms with van der Waals surface area (Å²) < 4.78 is 63.9. The van der Waals surface area contributed by atoms with Gasteiger partial charge in [-0.15, -0.1) is 0 Å². The zero-order valence-corrected chi connectivity index (χ0v) is 24.2. The molecule has 2 aromatic carbocycles. The zero-order chi connectivity index (χ0) is 30.9. The molecule has 3 heterocycles. The minimum absolute atomic E-state index is 0.167. The highest BCUT2D eigenvalue weighted by Gasteiger charge is 2.61. The Morgan fingerprint density at radius 3 is 2.12 bits per heavy atom. The van der Waals surface area contributed by atoms with E-state index in [0.717, 1.165) is 10.9 Å². The molecular weight excluding hydrogens is 615 g/mol. The van der Waals surface area contributed by atoms with Crippen LogP contribution in [0, 0.1) is 0 Å². The molecule has 43 heavy (non-hydrogen) atoms. The molecule has 0 aliphatic carbocycles. The Morgan fingerprint density at radius 2 is 1.60 bits per heavy atom. The van der Waals surface area contributed by atoms with Crippen molar-refractivity contribution in [2.45, 2.75) is 30.5 Å². The van der Waals surface area contributed by atoms with Crippen LogP contribution in [0.4, 0.5) is 14.7 Å². The van der Waals surface area contributed by atoms with Crippen molar-refractivity contribution in [3.05, 3.63) is 65.2 Å². The minimum atomic E-state index is -3.97. The van der Waals surface area contributed by atoms with E-state index in [4.69, 9.17) is 45.3 Å². The van der Waals surface area contributed by atoms with E-state index in [1.807, 2.05) is 0 Å². The van der Waals surface area contributed by atoms with E-state index in [9.17, 15) is 23.8 Å². The van der Waals surface area contributed by atoms with Gasteiger partial charge in [0.05, 0.1) is 27.2 Å². The Kier molecular flexibility index (Phi) is 8.56. The summed E-state index contributed by atoms with van der Waals surface area (Å²) in [6, 6.07) is 12.3. The fraction of sp³-hybridized carbons (Fsp3) is 0.320. The third-order valence-corrected chi connectivity index (χ3v) is 8.63. The van der Waals surface area contributed by atoms with Gasteiger partial charge in [-0.1, -0.05) is 0 Å². The molecule has 4 aromatic rings. The first-order chi connectivity index (χ1) is 20.5. The number of anilines is 1. The number of hydrogen-bond acceptors (Lipinski definition) is 13. The summed E-state index contributed by atoms with van der Waals surface area (Å²) in [5, 5.41) is 21.8. The van der Waals surface area contributed by atoms with Gasteiger partial charge in [-0.05, 0) is 48.5 Å². The molecule has 1 saturated heterocycles. The fourth-order valence-electron chi connectivity index (χ4n) is 4.31. The molecule has 2 aromatic heterocycles. The van der Waals surface area contributed by atoms with Crippen LogP contribution in [0.1, 0.15) is 6.23 Å². The molecule has 18 heteroatoms. The highest BCUT2D eigenvalue weighted by atomic mass is 32.5. The Labute approximate surface area is 247 Å². The number of H-pyrrole nitrogens is 1. The lowest BCUT2D eigenvalue weighted by atomic mass is 9.96. The van der Waals surface area contributed by atoms with E-state index < -0.39 is 49.3 Å². The van der Waals surface area contributed by atoms with E-state index in [0.29, 0.717) is 11.5 Å². The second-order valence-electron chi connectivity index (χ2n) is 9.23. The smallest absolute Gasteiger partial charge is 0.435 e. The summed E-state index contributed by atoms with van der Waals surface area (Å²) in [4.78, 5) is 22.3. The van der Waals surface area contributed by atoms with Gasteiger partial charge in [0.25, 0.3) is 12.0 Å². The number of benzene rings is 2. The first kappa shape index (κ1) is 30.6. The maximum Gasteiger partial charge on any atom is 0.435 e. The Morgan fingerprint density at radius 1 is 1.07 bits per heavy atom. The van der Waals surface area contributed by atoms with Crippen molar-refractivity contribution in [3.63, 3.8) is 0 Å². The molecular formula is C25H26F2N5O9PS. The van der Waals surface area contributed by atoms with Crippen LogP contribution < -0.4 is 29.8 Å². The third kappa shape index (κ3) is 6.00. The monoisotopic (exact) mass is 641 g/mol. The number of hydrogen-bond donors (Lipinski definition) is 4. The van der Waals surface area contributed by atoms with E-state index in [1.54, 1.807) is 24.3 Å². The highest BCUT2D eigenvalue weighted by molar-refractivity contribution is 8.07. The SMILES string of the molecule is COc1ccc(OP(=S)(OC[C@@]2(C(F)F)O[C@@H](n3cnc4c(=O)[nH]c(N)nc43)[C@@H](O)[C@@H]2O)Oc2ccc(OC)cc2)cc1. The number of aliphatic hydroxyl groups is 2. The summed E-state index contributed by atoms with van der Waals surface area (Å²) in [6.07, 6.45) is -8.20. The maximum atomic E-state index is 14.7. The highest BCUT2D eigenvalue weighted by Crippen LogP contribution is 2.53. The number of aromatic amines is 1. The van der Waals surface area contributed by atoms with Crippen molar-refractivity contribution in [1.29, 1.82) is 0 Å². The predicted octanol–water partition coefficient (Wildman–Crippen LogP) is 2.37. The van der Waals surface area contributed by atoms with Crippen LogP contribution in [-0.4, -0.2) is 74.8 Å². The number of alkyl halides is 2. The molecule has 1 aliphatic heterocycles. The lowest BCUT2D eigenvalue weighted by Gasteiger charge is -2.33. The zero-order valence-electron chi connectivity index (χ0n) is 22.5. The molecule has 5 rings (SSSR count). The number of fused-ring (bicyclic) bond motifs is 1. The number of nitrogen functional groups attached to an aromatic ring is 1. The van der Waals surface area contributed by atoms with E-state index in [1.165, 1.54) is 38.5 Å². The molecule has 0 amide bonds. The van der Waals surface area contributed by atoms with Gasteiger partial charge in [-0.3, -0.25) is 18.9 Å². The number of halogens is 2. The summed E-state index contributed by atoms with van der Waals surface area (Å²) in [6.45, 7) is -5.05. The average molecular weight is 642 g/mol. The Hall–Kier alpha value is -3.86. The molecule has 0 saturated carbocycles. The quantitative estimate of drug-likeness (QED) is 0.175. The normalized spacial score (nSPS) is 22.2. The van der Waals surface area contributed by atoms with Crippen molar-refractivity contribution < 1.29 is 46.8 Å². The van der Waals surface area contributed by atoms with Gasteiger partial charge >= 0.3 is 6.72 Å². The Balaban J connectivity index is 1.46. The van der Waals surface area contributed by atoms with Gasteiger partial charge in [0.15, 0.2) is 23.0 Å². The molecule has 14 nitrogen and oxygen atoms in total. The van der Waals surface area contributed by atoms with Crippen molar-refractivity contribution >= 4 is 35.6 Å². The van der Waals surface area contributed by atoms with Crippen LogP contribution in [0.5, 0.6) is 23.0 Å². The second kappa shape index (κ2) is 12.0. The van der Waals surface area contributed by atoms with Gasteiger partial charge in [-0.25, -0.2) is 13.8 Å².